The fourth-order valence-electron chi connectivity index (χ4n) is 2.57. The molecule has 0 amide bonds. The Hall–Kier alpha value is -0.520. The third-order valence-corrected chi connectivity index (χ3v) is 4.81. The van der Waals surface area contributed by atoms with Crippen LogP contribution in [0.4, 0.5) is 0 Å². The molecule has 3 heterocycles. The summed E-state index contributed by atoms with van der Waals surface area (Å²) >= 11 is 8.16. The normalized spacial score (nSPS) is 33.0. The third-order valence-electron chi connectivity index (χ3n) is 3.70. The summed E-state index contributed by atoms with van der Waals surface area (Å²) in [5, 5.41) is 30.8. The molecule has 1 aliphatic heterocycles. The van der Waals surface area contributed by atoms with Gasteiger partial charge < -0.3 is 24.6 Å². The molecule has 2 aromatic rings. The lowest BCUT2D eigenvalue weighted by atomic mass is 9.96. The number of aliphatic hydroxyl groups is 3. The van der Waals surface area contributed by atoms with Crippen molar-refractivity contribution >= 4 is 45.2 Å². The quantitative estimate of drug-likeness (QED) is 0.484. The van der Waals surface area contributed by atoms with E-state index in [-0.39, 0.29) is 6.61 Å². The van der Waals surface area contributed by atoms with Crippen molar-refractivity contribution in [2.24, 2.45) is 0 Å². The number of aromatic nitrogens is 3. The maximum Gasteiger partial charge on any atom is 0.167 e. The van der Waals surface area contributed by atoms with E-state index in [1.165, 1.54) is 13.3 Å². The number of rotatable bonds is 2. The number of hydrogen-bond donors (Lipinski definition) is 3. The number of aliphatic hydroxyl groups excluding tert-OH is 2. The Bertz CT molecular complexity index is 692. The maximum atomic E-state index is 10.5. The standard InChI is InChI=1S/C12H13ClIN3O4/c1-12(20)8(19)6(3-18)21-11(12)17-2-5(14)7-9(13)15-4-16-10(7)17/h2,4,6,8,11,18-20H,3H2,1H3/t6?,8?,11?,12-/m1/s1. The van der Waals surface area contributed by atoms with Crippen molar-refractivity contribution in [1.29, 1.82) is 0 Å². The van der Waals surface area contributed by atoms with E-state index in [1.54, 1.807) is 10.8 Å². The van der Waals surface area contributed by atoms with Crippen LogP contribution in [0.25, 0.3) is 11.0 Å². The highest BCUT2D eigenvalue weighted by molar-refractivity contribution is 14.1. The SMILES string of the molecule is C[C@@]1(O)C(O)C(CO)OC1n1cc(I)c2c(Cl)ncnc21. The molecule has 3 N–H and O–H groups in total. The van der Waals surface area contributed by atoms with Crippen molar-refractivity contribution in [2.45, 2.75) is 31.0 Å². The van der Waals surface area contributed by atoms with Crippen molar-refractivity contribution in [3.8, 4) is 0 Å². The number of nitrogens with zero attached hydrogens (tertiary/aromatic N) is 3. The van der Waals surface area contributed by atoms with Crippen LogP contribution in [0.3, 0.4) is 0 Å². The Balaban J connectivity index is 2.15. The van der Waals surface area contributed by atoms with Crippen LogP contribution in [0.5, 0.6) is 0 Å². The van der Waals surface area contributed by atoms with Crippen LogP contribution in [0.1, 0.15) is 13.2 Å². The van der Waals surface area contributed by atoms with E-state index in [0.29, 0.717) is 16.2 Å². The van der Waals surface area contributed by atoms with Crippen LogP contribution in [0.2, 0.25) is 5.15 Å². The number of hydrogen-bond acceptors (Lipinski definition) is 6. The molecule has 7 nitrogen and oxygen atoms in total. The van der Waals surface area contributed by atoms with E-state index >= 15 is 0 Å². The van der Waals surface area contributed by atoms with Gasteiger partial charge in [-0.1, -0.05) is 11.6 Å². The minimum atomic E-state index is -1.57. The molecule has 21 heavy (non-hydrogen) atoms. The number of fused-ring (bicyclic) bond motifs is 1. The molecule has 0 saturated carbocycles. The van der Waals surface area contributed by atoms with Gasteiger partial charge in [0, 0.05) is 9.77 Å². The van der Waals surface area contributed by atoms with Gasteiger partial charge in [0.25, 0.3) is 0 Å². The Kier molecular flexibility index (Phi) is 3.87. The van der Waals surface area contributed by atoms with Crippen LogP contribution in [-0.4, -0.2) is 54.3 Å². The minimum Gasteiger partial charge on any atom is -0.394 e. The highest BCUT2D eigenvalue weighted by Gasteiger charge is 2.53. The van der Waals surface area contributed by atoms with Gasteiger partial charge in [0.2, 0.25) is 0 Å². The van der Waals surface area contributed by atoms with E-state index in [2.05, 4.69) is 32.6 Å². The van der Waals surface area contributed by atoms with Gasteiger partial charge in [-0.2, -0.15) is 0 Å². The predicted octanol–water partition coefficient (Wildman–Crippen LogP) is 0.691. The van der Waals surface area contributed by atoms with E-state index in [4.69, 9.17) is 16.3 Å². The Morgan fingerprint density at radius 1 is 1.52 bits per heavy atom. The molecule has 3 rings (SSSR count). The first-order chi connectivity index (χ1) is 9.87. The van der Waals surface area contributed by atoms with Crippen LogP contribution in [0.15, 0.2) is 12.5 Å². The van der Waals surface area contributed by atoms with Crippen molar-refractivity contribution in [1.82, 2.24) is 14.5 Å². The van der Waals surface area contributed by atoms with Gasteiger partial charge in [-0.05, 0) is 29.5 Å². The molecule has 1 saturated heterocycles. The van der Waals surface area contributed by atoms with E-state index in [9.17, 15) is 15.3 Å². The molecule has 0 aromatic carbocycles. The first kappa shape index (κ1) is 15.4. The monoisotopic (exact) mass is 425 g/mol. The molecule has 9 heteroatoms. The lowest BCUT2D eigenvalue weighted by Crippen LogP contribution is -2.44. The molecule has 1 aliphatic rings. The summed E-state index contributed by atoms with van der Waals surface area (Å²) < 4.78 is 7.99. The zero-order chi connectivity index (χ0) is 15.4. The van der Waals surface area contributed by atoms with Crippen molar-refractivity contribution in [3.63, 3.8) is 0 Å². The average Bonchev–Trinajstić information content (AvgIpc) is 2.87. The summed E-state index contributed by atoms with van der Waals surface area (Å²) in [6, 6.07) is 0. The van der Waals surface area contributed by atoms with Gasteiger partial charge >= 0.3 is 0 Å². The maximum absolute atomic E-state index is 10.5. The van der Waals surface area contributed by atoms with E-state index in [1.807, 2.05) is 0 Å². The van der Waals surface area contributed by atoms with Gasteiger partial charge in [-0.25, -0.2) is 9.97 Å². The molecular formula is C12H13ClIN3O4. The Morgan fingerprint density at radius 3 is 2.86 bits per heavy atom. The van der Waals surface area contributed by atoms with Gasteiger partial charge in [-0.3, -0.25) is 0 Å². The van der Waals surface area contributed by atoms with Crippen LogP contribution < -0.4 is 0 Å². The van der Waals surface area contributed by atoms with Crippen molar-refractivity contribution in [3.05, 3.63) is 21.2 Å². The van der Waals surface area contributed by atoms with Crippen molar-refractivity contribution in [2.75, 3.05) is 6.61 Å². The second kappa shape index (κ2) is 5.28. The molecule has 114 valence electrons. The van der Waals surface area contributed by atoms with Gasteiger partial charge in [0.15, 0.2) is 6.23 Å². The molecule has 2 aromatic heterocycles. The summed E-state index contributed by atoms with van der Waals surface area (Å²) in [4.78, 5) is 8.11. The second-order valence-electron chi connectivity index (χ2n) is 5.13. The average molecular weight is 426 g/mol. The second-order valence-corrected chi connectivity index (χ2v) is 6.65. The fourth-order valence-corrected chi connectivity index (χ4v) is 3.76. The highest BCUT2D eigenvalue weighted by Crippen LogP contribution is 2.41. The van der Waals surface area contributed by atoms with Crippen LogP contribution in [-0.2, 0) is 4.74 Å². The highest BCUT2D eigenvalue weighted by atomic mass is 127. The van der Waals surface area contributed by atoms with E-state index in [0.717, 1.165) is 3.57 Å². The molecule has 1 fully saturated rings. The summed E-state index contributed by atoms with van der Waals surface area (Å²) in [5.74, 6) is 0. The Labute approximate surface area is 138 Å². The van der Waals surface area contributed by atoms with Crippen LogP contribution >= 0.6 is 34.2 Å². The first-order valence-corrected chi connectivity index (χ1v) is 7.67. The largest absolute Gasteiger partial charge is 0.394 e. The van der Waals surface area contributed by atoms with Crippen LogP contribution in [0, 0.1) is 3.57 Å². The molecule has 4 atom stereocenters. The van der Waals surface area contributed by atoms with Gasteiger partial charge in [0.1, 0.15) is 34.9 Å². The fraction of sp³-hybridized carbons (Fsp3) is 0.500. The lowest BCUT2D eigenvalue weighted by Gasteiger charge is -2.27. The summed E-state index contributed by atoms with van der Waals surface area (Å²) in [7, 11) is 0. The Morgan fingerprint density at radius 2 is 2.24 bits per heavy atom. The van der Waals surface area contributed by atoms with Gasteiger partial charge in [0.05, 0.1) is 12.0 Å². The summed E-state index contributed by atoms with van der Waals surface area (Å²) in [5.41, 5.74) is -1.07. The third kappa shape index (κ3) is 2.25. The molecule has 0 aliphatic carbocycles. The molecule has 0 bridgehead atoms. The smallest absolute Gasteiger partial charge is 0.167 e. The predicted molar refractivity (Wildman–Crippen MR) is 82.9 cm³/mol. The first-order valence-electron chi connectivity index (χ1n) is 6.21. The van der Waals surface area contributed by atoms with Gasteiger partial charge in [-0.15, -0.1) is 0 Å². The zero-order valence-electron chi connectivity index (χ0n) is 10.9. The lowest BCUT2D eigenvalue weighted by molar-refractivity contribution is -0.0948. The van der Waals surface area contributed by atoms with Crippen molar-refractivity contribution < 1.29 is 20.1 Å². The number of halogens is 2. The topological polar surface area (TPSA) is 101 Å². The molecule has 3 unspecified atom stereocenters. The molecule has 0 radical (unpaired) electrons. The summed E-state index contributed by atoms with van der Waals surface area (Å²) in [6.07, 6.45) is 0.0807. The minimum absolute atomic E-state index is 0.306. The summed E-state index contributed by atoms with van der Waals surface area (Å²) in [6.45, 7) is 1.07. The number of ether oxygens (including phenoxy) is 1. The molecular weight excluding hydrogens is 413 g/mol. The van der Waals surface area contributed by atoms with E-state index < -0.39 is 24.0 Å². The zero-order valence-corrected chi connectivity index (χ0v) is 13.9. The molecule has 0 spiro atoms.